The first-order valence-electron chi connectivity index (χ1n) is 10.6. The zero-order valence-corrected chi connectivity index (χ0v) is 17.7. The summed E-state index contributed by atoms with van der Waals surface area (Å²) < 4.78 is 22.7. The van der Waals surface area contributed by atoms with E-state index in [9.17, 15) is 30.6 Å². The Morgan fingerprint density at radius 1 is 0.812 bits per heavy atom. The van der Waals surface area contributed by atoms with Gasteiger partial charge in [-0.25, -0.2) is 0 Å². The van der Waals surface area contributed by atoms with Crippen molar-refractivity contribution in [3.63, 3.8) is 0 Å². The molecule has 32 heavy (non-hydrogen) atoms. The molecule has 0 bridgehead atoms. The van der Waals surface area contributed by atoms with Crippen molar-refractivity contribution in [1.29, 1.82) is 0 Å². The molecular formula is C18H36N4O10. The molecule has 14 N–H and O–H groups in total. The molecule has 2 aliphatic heterocycles. The molecule has 0 aromatic rings. The van der Waals surface area contributed by atoms with Gasteiger partial charge in [-0.3, -0.25) is 0 Å². The SMILES string of the molecule is C[C@@H](O)[C@H]1O[C@H](O[C@@H]2[C@@H](O[C@@H]3O[C@H](CN)[C@@H](O)[C@H]3O)[C@H](O)[C@@H](N)C[C@H]2N)[C@H](N)[C@@H](O)[C@@H]1O. The van der Waals surface area contributed by atoms with E-state index >= 15 is 0 Å². The average Bonchev–Trinajstić information content (AvgIpc) is 3.01. The Balaban J connectivity index is 1.79. The summed E-state index contributed by atoms with van der Waals surface area (Å²) in [7, 11) is 0. The highest BCUT2D eigenvalue weighted by atomic mass is 16.7. The van der Waals surface area contributed by atoms with Crippen molar-refractivity contribution in [3.8, 4) is 0 Å². The van der Waals surface area contributed by atoms with Gasteiger partial charge < -0.3 is 72.5 Å². The lowest BCUT2D eigenvalue weighted by Gasteiger charge is -2.47. The number of aliphatic hydroxyl groups excluding tert-OH is 6. The van der Waals surface area contributed by atoms with Crippen LogP contribution in [0, 0.1) is 0 Å². The van der Waals surface area contributed by atoms with E-state index in [2.05, 4.69) is 0 Å². The molecule has 2 saturated heterocycles. The summed E-state index contributed by atoms with van der Waals surface area (Å²) in [5.74, 6) is 0. The van der Waals surface area contributed by atoms with Crippen molar-refractivity contribution < 1.29 is 49.6 Å². The maximum absolute atomic E-state index is 10.7. The molecule has 3 rings (SSSR count). The van der Waals surface area contributed by atoms with E-state index in [-0.39, 0.29) is 13.0 Å². The van der Waals surface area contributed by atoms with Gasteiger partial charge in [0, 0.05) is 18.6 Å². The Labute approximate surface area is 185 Å². The molecule has 14 nitrogen and oxygen atoms in total. The van der Waals surface area contributed by atoms with Crippen LogP contribution < -0.4 is 22.9 Å². The van der Waals surface area contributed by atoms with E-state index in [0.29, 0.717) is 0 Å². The van der Waals surface area contributed by atoms with Gasteiger partial charge >= 0.3 is 0 Å². The Bertz CT molecular complexity index is 620. The summed E-state index contributed by atoms with van der Waals surface area (Å²) in [4.78, 5) is 0. The van der Waals surface area contributed by atoms with Crippen LogP contribution in [0.15, 0.2) is 0 Å². The summed E-state index contributed by atoms with van der Waals surface area (Å²) in [6.45, 7) is 1.30. The second-order valence-corrected chi connectivity index (χ2v) is 8.78. The predicted octanol–water partition coefficient (Wildman–Crippen LogP) is -6.26. The van der Waals surface area contributed by atoms with Gasteiger partial charge in [-0.15, -0.1) is 0 Å². The van der Waals surface area contributed by atoms with Crippen molar-refractivity contribution in [1.82, 2.24) is 0 Å². The molecule has 0 spiro atoms. The van der Waals surface area contributed by atoms with Gasteiger partial charge in [0.15, 0.2) is 12.6 Å². The van der Waals surface area contributed by atoms with Gasteiger partial charge in [0.05, 0.1) is 18.2 Å². The molecule has 3 fully saturated rings. The molecule has 15 atom stereocenters. The molecule has 2 heterocycles. The van der Waals surface area contributed by atoms with E-state index in [1.54, 1.807) is 0 Å². The molecule has 1 saturated carbocycles. The lowest BCUT2D eigenvalue weighted by atomic mass is 9.84. The van der Waals surface area contributed by atoms with Crippen molar-refractivity contribution in [2.45, 2.75) is 105 Å². The van der Waals surface area contributed by atoms with E-state index in [1.807, 2.05) is 0 Å². The number of nitrogens with two attached hydrogens (primary N) is 4. The topological polar surface area (TPSA) is 262 Å². The predicted molar refractivity (Wildman–Crippen MR) is 106 cm³/mol. The Hall–Kier alpha value is -0.560. The largest absolute Gasteiger partial charge is 0.391 e. The van der Waals surface area contributed by atoms with Crippen LogP contribution in [-0.2, 0) is 18.9 Å². The van der Waals surface area contributed by atoms with Crippen LogP contribution >= 0.6 is 0 Å². The normalized spacial score (nSPS) is 53.3. The smallest absolute Gasteiger partial charge is 0.187 e. The van der Waals surface area contributed by atoms with Gasteiger partial charge in [-0.1, -0.05) is 0 Å². The number of rotatable bonds is 6. The Morgan fingerprint density at radius 3 is 2.00 bits per heavy atom. The lowest BCUT2D eigenvalue weighted by molar-refractivity contribution is -0.315. The third kappa shape index (κ3) is 4.94. The zero-order chi connectivity index (χ0) is 23.9. The third-order valence-electron chi connectivity index (χ3n) is 6.36. The first kappa shape index (κ1) is 26.1. The summed E-state index contributed by atoms with van der Waals surface area (Å²) in [5, 5.41) is 61.2. The molecule has 1 aliphatic carbocycles. The van der Waals surface area contributed by atoms with Crippen LogP contribution in [-0.4, -0.2) is 129 Å². The van der Waals surface area contributed by atoms with Crippen LogP contribution in [0.2, 0.25) is 0 Å². The van der Waals surface area contributed by atoms with Crippen molar-refractivity contribution in [2.75, 3.05) is 6.54 Å². The highest BCUT2D eigenvalue weighted by Crippen LogP contribution is 2.32. The summed E-state index contributed by atoms with van der Waals surface area (Å²) in [5.41, 5.74) is 23.7. The van der Waals surface area contributed by atoms with Crippen LogP contribution in [0.1, 0.15) is 13.3 Å². The Morgan fingerprint density at radius 2 is 1.44 bits per heavy atom. The minimum atomic E-state index is -1.47. The van der Waals surface area contributed by atoms with Crippen molar-refractivity contribution in [3.05, 3.63) is 0 Å². The van der Waals surface area contributed by atoms with Crippen molar-refractivity contribution in [2.24, 2.45) is 22.9 Å². The van der Waals surface area contributed by atoms with Gasteiger partial charge in [-0.05, 0) is 13.3 Å². The average molecular weight is 469 g/mol. The van der Waals surface area contributed by atoms with E-state index in [4.69, 9.17) is 41.9 Å². The second-order valence-electron chi connectivity index (χ2n) is 8.78. The maximum atomic E-state index is 10.7. The minimum Gasteiger partial charge on any atom is -0.391 e. The molecule has 0 aromatic carbocycles. The number of hydrogen-bond acceptors (Lipinski definition) is 14. The van der Waals surface area contributed by atoms with Gasteiger partial charge in [-0.2, -0.15) is 0 Å². The number of aliphatic hydroxyl groups is 6. The van der Waals surface area contributed by atoms with Gasteiger partial charge in [0.1, 0.15) is 48.8 Å². The van der Waals surface area contributed by atoms with Crippen molar-refractivity contribution >= 4 is 0 Å². The minimum absolute atomic E-state index is 0.0734. The van der Waals surface area contributed by atoms with E-state index in [0.717, 1.165) is 0 Å². The zero-order valence-electron chi connectivity index (χ0n) is 17.7. The second kappa shape index (κ2) is 10.4. The molecular weight excluding hydrogens is 432 g/mol. The maximum Gasteiger partial charge on any atom is 0.187 e. The fraction of sp³-hybridized carbons (Fsp3) is 1.00. The lowest BCUT2D eigenvalue weighted by Crippen LogP contribution is -2.68. The molecule has 188 valence electrons. The first-order chi connectivity index (χ1) is 15.0. The van der Waals surface area contributed by atoms with Crippen LogP contribution in [0.25, 0.3) is 0 Å². The highest BCUT2D eigenvalue weighted by molar-refractivity contribution is 5.01. The summed E-state index contributed by atoms with van der Waals surface area (Å²) >= 11 is 0. The summed E-state index contributed by atoms with van der Waals surface area (Å²) in [6.07, 6.45) is -15.1. The molecule has 0 unspecified atom stereocenters. The standard InChI is InChI=1S/C18H36N4O10/c1-4(23)14-12(27)11(26)8(22)17(30-14)31-15-6(21)2-5(20)9(24)16(15)32-18-13(28)10(25)7(3-19)29-18/h4-18,23-28H,2-3,19-22H2,1H3/t4-,5+,6-,7-,8-,9-,10-,11-,12+,13-,14-,15+,16+,17-,18+/m1/s1. The molecule has 3 aliphatic rings. The molecule has 0 radical (unpaired) electrons. The molecule has 0 amide bonds. The molecule has 14 heteroatoms. The van der Waals surface area contributed by atoms with Crippen LogP contribution in [0.3, 0.4) is 0 Å². The van der Waals surface area contributed by atoms with Crippen LogP contribution in [0.5, 0.6) is 0 Å². The third-order valence-corrected chi connectivity index (χ3v) is 6.36. The number of ether oxygens (including phenoxy) is 4. The molecule has 0 aromatic heterocycles. The van der Waals surface area contributed by atoms with Gasteiger partial charge in [0.25, 0.3) is 0 Å². The number of hydrogen-bond donors (Lipinski definition) is 10. The highest BCUT2D eigenvalue weighted by Gasteiger charge is 2.52. The quantitative estimate of drug-likeness (QED) is 0.174. The fourth-order valence-corrected chi connectivity index (χ4v) is 4.37. The van der Waals surface area contributed by atoms with Crippen LogP contribution in [0.4, 0.5) is 0 Å². The summed E-state index contributed by atoms with van der Waals surface area (Å²) in [6, 6.07) is -2.78. The Kier molecular flexibility index (Phi) is 8.44. The first-order valence-corrected chi connectivity index (χ1v) is 10.6. The fourth-order valence-electron chi connectivity index (χ4n) is 4.37. The van der Waals surface area contributed by atoms with Gasteiger partial charge in [0.2, 0.25) is 0 Å². The van der Waals surface area contributed by atoms with E-state index < -0.39 is 91.7 Å². The monoisotopic (exact) mass is 468 g/mol. The van der Waals surface area contributed by atoms with E-state index in [1.165, 1.54) is 6.92 Å².